The molecule has 0 saturated carbocycles. The molecule has 2 N–H and O–H groups in total. The summed E-state index contributed by atoms with van der Waals surface area (Å²) < 4.78 is 0. The minimum Gasteiger partial charge on any atom is -0.396 e. The zero-order valence-corrected chi connectivity index (χ0v) is 7.10. The first-order chi connectivity index (χ1) is 6.34. The molecule has 1 heterocycles. The molecule has 5 heteroatoms. The molecule has 0 saturated heterocycles. The lowest BCUT2D eigenvalue weighted by Gasteiger charge is -2.01. The van der Waals surface area contributed by atoms with E-state index in [1.54, 1.807) is 0 Å². The summed E-state index contributed by atoms with van der Waals surface area (Å²) in [5.41, 5.74) is 0.431. The van der Waals surface area contributed by atoms with Gasteiger partial charge in [0.05, 0.1) is 5.56 Å². The third-order valence-corrected chi connectivity index (χ3v) is 1.44. The Balaban J connectivity index is 2.40. The summed E-state index contributed by atoms with van der Waals surface area (Å²) in [6.07, 6.45) is 4.81. The van der Waals surface area contributed by atoms with E-state index >= 15 is 0 Å². The number of amides is 1. The molecule has 0 spiro atoms. The van der Waals surface area contributed by atoms with E-state index in [1.165, 1.54) is 18.7 Å². The molecule has 0 aliphatic heterocycles. The average molecular weight is 181 g/mol. The molecule has 0 bridgehead atoms. The summed E-state index contributed by atoms with van der Waals surface area (Å²) in [5, 5.41) is 11.1. The van der Waals surface area contributed by atoms with Crippen LogP contribution in [0.1, 0.15) is 16.8 Å². The lowest BCUT2D eigenvalue weighted by atomic mass is 10.3. The van der Waals surface area contributed by atoms with Gasteiger partial charge in [0, 0.05) is 25.5 Å². The molecule has 0 atom stereocenters. The van der Waals surface area contributed by atoms with Crippen molar-refractivity contribution in [1.29, 1.82) is 0 Å². The van der Waals surface area contributed by atoms with Crippen molar-refractivity contribution in [3.63, 3.8) is 0 Å². The molecule has 5 nitrogen and oxygen atoms in total. The van der Waals surface area contributed by atoms with E-state index in [4.69, 9.17) is 5.11 Å². The molecule has 0 radical (unpaired) electrons. The van der Waals surface area contributed by atoms with E-state index in [-0.39, 0.29) is 12.5 Å². The Morgan fingerprint density at radius 3 is 2.77 bits per heavy atom. The van der Waals surface area contributed by atoms with Crippen molar-refractivity contribution in [2.45, 2.75) is 6.42 Å². The third-order valence-electron chi connectivity index (χ3n) is 1.44. The molecule has 0 aliphatic carbocycles. The summed E-state index contributed by atoms with van der Waals surface area (Å²) >= 11 is 0. The Morgan fingerprint density at radius 1 is 1.46 bits per heavy atom. The van der Waals surface area contributed by atoms with E-state index < -0.39 is 0 Å². The highest BCUT2D eigenvalue weighted by molar-refractivity contribution is 5.93. The van der Waals surface area contributed by atoms with Gasteiger partial charge in [-0.15, -0.1) is 0 Å². The molecule has 0 aromatic carbocycles. The second-order valence-electron chi connectivity index (χ2n) is 2.46. The van der Waals surface area contributed by atoms with E-state index in [0.29, 0.717) is 18.5 Å². The standard InChI is InChI=1S/C8H11N3O2/c12-3-1-2-11-8(13)7-4-9-6-10-5-7/h4-6,12H,1-3H2,(H,11,13). The first-order valence-corrected chi connectivity index (χ1v) is 3.98. The van der Waals surface area contributed by atoms with Gasteiger partial charge in [-0.1, -0.05) is 0 Å². The number of aromatic nitrogens is 2. The summed E-state index contributed by atoms with van der Waals surface area (Å²) in [5.74, 6) is -0.214. The third kappa shape index (κ3) is 3.16. The van der Waals surface area contributed by atoms with Gasteiger partial charge in [0.1, 0.15) is 6.33 Å². The lowest BCUT2D eigenvalue weighted by Crippen LogP contribution is -2.25. The van der Waals surface area contributed by atoms with E-state index in [0.717, 1.165) is 0 Å². The van der Waals surface area contributed by atoms with Crippen LogP contribution < -0.4 is 5.32 Å². The van der Waals surface area contributed by atoms with Crippen LogP contribution in [0.4, 0.5) is 0 Å². The van der Waals surface area contributed by atoms with Gasteiger partial charge >= 0.3 is 0 Å². The van der Waals surface area contributed by atoms with Crippen LogP contribution in [-0.2, 0) is 0 Å². The lowest BCUT2D eigenvalue weighted by molar-refractivity contribution is 0.0950. The molecule has 1 rings (SSSR count). The molecular formula is C8H11N3O2. The average Bonchev–Trinajstić information content (AvgIpc) is 2.19. The number of carbonyl (C=O) groups excluding carboxylic acids is 1. The summed E-state index contributed by atoms with van der Waals surface area (Å²) in [6, 6.07) is 0. The topological polar surface area (TPSA) is 75.1 Å². The molecule has 13 heavy (non-hydrogen) atoms. The van der Waals surface area contributed by atoms with Gasteiger partial charge in [-0.2, -0.15) is 0 Å². The molecule has 1 aromatic rings. The Bertz CT molecular complexity index is 263. The van der Waals surface area contributed by atoms with Crippen LogP contribution in [0.25, 0.3) is 0 Å². The van der Waals surface area contributed by atoms with E-state index in [9.17, 15) is 4.79 Å². The minimum absolute atomic E-state index is 0.0750. The maximum atomic E-state index is 11.2. The number of aliphatic hydroxyl groups excluding tert-OH is 1. The maximum Gasteiger partial charge on any atom is 0.254 e. The summed E-state index contributed by atoms with van der Waals surface area (Å²) in [6.45, 7) is 0.537. The number of carbonyl (C=O) groups is 1. The number of nitrogens with zero attached hydrogens (tertiary/aromatic N) is 2. The zero-order chi connectivity index (χ0) is 9.52. The quantitative estimate of drug-likeness (QED) is 0.619. The summed E-state index contributed by atoms with van der Waals surface area (Å²) in [7, 11) is 0. The van der Waals surface area contributed by atoms with Gasteiger partial charge in [-0.3, -0.25) is 4.79 Å². The largest absolute Gasteiger partial charge is 0.396 e. The fourth-order valence-electron chi connectivity index (χ4n) is 0.799. The van der Waals surface area contributed by atoms with Crippen molar-refractivity contribution in [2.75, 3.05) is 13.2 Å². The fourth-order valence-corrected chi connectivity index (χ4v) is 0.799. The van der Waals surface area contributed by atoms with E-state index in [1.807, 2.05) is 0 Å². The van der Waals surface area contributed by atoms with Gasteiger partial charge in [0.25, 0.3) is 5.91 Å². The molecule has 1 amide bonds. The number of hydrogen-bond acceptors (Lipinski definition) is 4. The van der Waals surface area contributed by atoms with Crippen LogP contribution in [0, 0.1) is 0 Å². The minimum atomic E-state index is -0.214. The van der Waals surface area contributed by atoms with Crippen molar-refractivity contribution in [3.8, 4) is 0 Å². The molecule has 0 unspecified atom stereocenters. The van der Waals surface area contributed by atoms with Crippen molar-refractivity contribution in [2.24, 2.45) is 0 Å². The molecule has 0 aliphatic rings. The van der Waals surface area contributed by atoms with Gasteiger partial charge in [0.15, 0.2) is 0 Å². The van der Waals surface area contributed by atoms with Crippen LogP contribution in [-0.4, -0.2) is 34.1 Å². The number of aliphatic hydroxyl groups is 1. The van der Waals surface area contributed by atoms with Crippen LogP contribution in [0.3, 0.4) is 0 Å². The predicted octanol–water partition coefficient (Wildman–Crippen LogP) is -0.411. The molecule has 1 aromatic heterocycles. The van der Waals surface area contributed by atoms with E-state index in [2.05, 4.69) is 15.3 Å². The second-order valence-corrected chi connectivity index (χ2v) is 2.46. The van der Waals surface area contributed by atoms with Crippen molar-refractivity contribution < 1.29 is 9.90 Å². The van der Waals surface area contributed by atoms with Crippen LogP contribution in [0.15, 0.2) is 18.7 Å². The highest BCUT2D eigenvalue weighted by atomic mass is 16.3. The Kier molecular flexibility index (Phi) is 3.84. The number of hydrogen-bond donors (Lipinski definition) is 2. The van der Waals surface area contributed by atoms with Crippen molar-refractivity contribution in [3.05, 3.63) is 24.3 Å². The normalized spacial score (nSPS) is 9.62. The SMILES string of the molecule is O=C(NCCCO)c1cncnc1. The Morgan fingerprint density at radius 2 is 2.15 bits per heavy atom. The smallest absolute Gasteiger partial charge is 0.254 e. The first-order valence-electron chi connectivity index (χ1n) is 3.98. The first kappa shape index (κ1) is 9.60. The number of rotatable bonds is 4. The Labute approximate surface area is 75.8 Å². The van der Waals surface area contributed by atoms with Gasteiger partial charge in [-0.05, 0) is 6.42 Å². The van der Waals surface area contributed by atoms with Crippen molar-refractivity contribution in [1.82, 2.24) is 15.3 Å². The number of nitrogens with one attached hydrogen (secondary N) is 1. The van der Waals surface area contributed by atoms with Gasteiger partial charge in [-0.25, -0.2) is 9.97 Å². The molecule has 0 fully saturated rings. The summed E-state index contributed by atoms with van der Waals surface area (Å²) in [4.78, 5) is 18.7. The van der Waals surface area contributed by atoms with Gasteiger partial charge < -0.3 is 10.4 Å². The predicted molar refractivity (Wildman–Crippen MR) is 46.1 cm³/mol. The van der Waals surface area contributed by atoms with Crippen LogP contribution >= 0.6 is 0 Å². The Hall–Kier alpha value is -1.49. The zero-order valence-electron chi connectivity index (χ0n) is 7.10. The highest BCUT2D eigenvalue weighted by Crippen LogP contribution is 1.91. The van der Waals surface area contributed by atoms with Crippen LogP contribution in [0.2, 0.25) is 0 Å². The molecular weight excluding hydrogens is 170 g/mol. The fraction of sp³-hybridized carbons (Fsp3) is 0.375. The maximum absolute atomic E-state index is 11.2. The van der Waals surface area contributed by atoms with Crippen molar-refractivity contribution >= 4 is 5.91 Å². The van der Waals surface area contributed by atoms with Crippen LogP contribution in [0.5, 0.6) is 0 Å². The second kappa shape index (κ2) is 5.21. The molecule has 70 valence electrons. The monoisotopic (exact) mass is 181 g/mol. The van der Waals surface area contributed by atoms with Gasteiger partial charge in [0.2, 0.25) is 0 Å². The highest BCUT2D eigenvalue weighted by Gasteiger charge is 2.03.